The van der Waals surface area contributed by atoms with Gasteiger partial charge in [0.15, 0.2) is 0 Å². The standard InChI is InChI=1S/C21H21N3O4S/c1-2-3-10-24-18(25)14-15(19(24)26)21(20(27)28,12-13-7-5-4-6-8-13)23-16(14)17-22-9-11-29-17/h2-9,11,14-16,23H,10,12H2,1H3,(H,27,28). The molecule has 2 fully saturated rings. The minimum atomic E-state index is -1.58. The fraction of sp³-hybridized carbons (Fsp3) is 0.333. The third kappa shape index (κ3) is 3.08. The number of aromatic nitrogens is 1. The van der Waals surface area contributed by atoms with E-state index in [1.54, 1.807) is 23.7 Å². The van der Waals surface area contributed by atoms with Crippen molar-refractivity contribution < 1.29 is 19.5 Å². The average molecular weight is 411 g/mol. The van der Waals surface area contributed by atoms with E-state index in [1.165, 1.54) is 16.2 Å². The van der Waals surface area contributed by atoms with Crippen molar-refractivity contribution >= 4 is 29.1 Å². The summed E-state index contributed by atoms with van der Waals surface area (Å²) in [6.07, 6.45) is 5.21. The van der Waals surface area contributed by atoms with Crippen molar-refractivity contribution in [3.05, 3.63) is 64.6 Å². The summed E-state index contributed by atoms with van der Waals surface area (Å²) >= 11 is 1.35. The van der Waals surface area contributed by atoms with E-state index < -0.39 is 35.3 Å². The maximum Gasteiger partial charge on any atom is 0.325 e. The van der Waals surface area contributed by atoms with Gasteiger partial charge in [0.05, 0.1) is 17.9 Å². The van der Waals surface area contributed by atoms with E-state index in [1.807, 2.05) is 37.3 Å². The Morgan fingerprint density at radius 2 is 2.07 bits per heavy atom. The second kappa shape index (κ2) is 7.53. The molecule has 7 nitrogen and oxygen atoms in total. The van der Waals surface area contributed by atoms with Gasteiger partial charge in [-0.15, -0.1) is 11.3 Å². The van der Waals surface area contributed by atoms with Crippen LogP contribution in [-0.2, 0) is 20.8 Å². The van der Waals surface area contributed by atoms with Gasteiger partial charge in [-0.1, -0.05) is 42.5 Å². The van der Waals surface area contributed by atoms with Crippen molar-refractivity contribution in [1.82, 2.24) is 15.2 Å². The lowest BCUT2D eigenvalue weighted by molar-refractivity contribution is -0.151. The van der Waals surface area contributed by atoms with Crippen molar-refractivity contribution in [2.24, 2.45) is 11.8 Å². The number of carboxylic acids is 1. The Kier molecular flexibility index (Phi) is 5.06. The van der Waals surface area contributed by atoms with Gasteiger partial charge in [-0.2, -0.15) is 0 Å². The van der Waals surface area contributed by atoms with E-state index in [0.29, 0.717) is 5.01 Å². The van der Waals surface area contributed by atoms with Crippen LogP contribution in [0.4, 0.5) is 0 Å². The molecule has 4 atom stereocenters. The number of thiazole rings is 1. The molecule has 2 N–H and O–H groups in total. The quantitative estimate of drug-likeness (QED) is 0.557. The SMILES string of the molecule is CC=CCN1C(=O)C2C(c3nccs3)NC(Cc3ccccc3)(C(=O)O)C2C1=O. The van der Waals surface area contributed by atoms with Gasteiger partial charge in [0, 0.05) is 24.5 Å². The molecule has 29 heavy (non-hydrogen) atoms. The summed E-state index contributed by atoms with van der Waals surface area (Å²) in [6.45, 7) is 1.95. The molecule has 4 rings (SSSR count). The molecule has 0 radical (unpaired) electrons. The van der Waals surface area contributed by atoms with Crippen LogP contribution >= 0.6 is 11.3 Å². The zero-order chi connectivity index (χ0) is 20.6. The monoisotopic (exact) mass is 411 g/mol. The molecule has 0 spiro atoms. The fourth-order valence-electron chi connectivity index (χ4n) is 4.41. The number of carbonyl (C=O) groups is 3. The van der Waals surface area contributed by atoms with Gasteiger partial charge in [-0.25, -0.2) is 4.98 Å². The Hall–Kier alpha value is -2.84. The van der Waals surface area contributed by atoms with Crippen molar-refractivity contribution in [3.63, 3.8) is 0 Å². The first-order valence-electron chi connectivity index (χ1n) is 9.40. The molecule has 0 bridgehead atoms. The number of imide groups is 1. The average Bonchev–Trinajstić information content (AvgIpc) is 3.40. The number of hydrogen-bond acceptors (Lipinski definition) is 6. The van der Waals surface area contributed by atoms with Crippen LogP contribution in [0.15, 0.2) is 54.1 Å². The van der Waals surface area contributed by atoms with E-state index >= 15 is 0 Å². The summed E-state index contributed by atoms with van der Waals surface area (Å²) in [4.78, 5) is 44.5. The topological polar surface area (TPSA) is 99.6 Å². The Labute approximate surface area is 172 Å². The number of fused-ring (bicyclic) bond motifs is 1. The van der Waals surface area contributed by atoms with Crippen LogP contribution in [-0.4, -0.2) is 44.9 Å². The number of benzene rings is 1. The molecule has 0 saturated carbocycles. The van der Waals surface area contributed by atoms with Crippen LogP contribution in [0.25, 0.3) is 0 Å². The molecule has 1 aromatic carbocycles. The molecule has 3 heterocycles. The van der Waals surface area contributed by atoms with E-state index in [2.05, 4.69) is 10.3 Å². The molecule has 8 heteroatoms. The highest BCUT2D eigenvalue weighted by Gasteiger charge is 2.68. The molecule has 2 amide bonds. The summed E-state index contributed by atoms with van der Waals surface area (Å²) in [7, 11) is 0. The van der Waals surface area contributed by atoms with E-state index in [9.17, 15) is 19.5 Å². The van der Waals surface area contributed by atoms with Crippen LogP contribution in [0, 0.1) is 11.8 Å². The smallest absolute Gasteiger partial charge is 0.325 e. The number of nitrogens with one attached hydrogen (secondary N) is 1. The molecule has 2 saturated heterocycles. The van der Waals surface area contributed by atoms with Gasteiger partial charge in [-0.3, -0.25) is 24.6 Å². The third-order valence-corrected chi connectivity index (χ3v) is 6.55. The first kappa shape index (κ1) is 19.5. The molecule has 1 aromatic heterocycles. The molecule has 2 aliphatic heterocycles. The summed E-state index contributed by atoms with van der Waals surface area (Å²) in [5.41, 5.74) is -0.798. The van der Waals surface area contributed by atoms with Gasteiger partial charge >= 0.3 is 5.97 Å². The molecule has 4 unspecified atom stereocenters. The van der Waals surface area contributed by atoms with E-state index in [-0.39, 0.29) is 18.9 Å². The van der Waals surface area contributed by atoms with Gasteiger partial charge in [-0.05, 0) is 12.5 Å². The number of carboxylic acid groups (broad SMARTS) is 1. The zero-order valence-electron chi connectivity index (χ0n) is 15.8. The molecular weight excluding hydrogens is 390 g/mol. The van der Waals surface area contributed by atoms with Crippen molar-refractivity contribution in [2.75, 3.05) is 6.54 Å². The Morgan fingerprint density at radius 3 is 2.69 bits per heavy atom. The van der Waals surface area contributed by atoms with Crippen LogP contribution in [0.3, 0.4) is 0 Å². The summed E-state index contributed by atoms with van der Waals surface area (Å²) in [5.74, 6) is -3.71. The number of nitrogens with zero attached hydrogens (tertiary/aromatic N) is 2. The first-order valence-corrected chi connectivity index (χ1v) is 10.3. The van der Waals surface area contributed by atoms with Crippen LogP contribution < -0.4 is 5.32 Å². The maximum atomic E-state index is 13.3. The largest absolute Gasteiger partial charge is 0.480 e. The number of carbonyl (C=O) groups excluding carboxylic acids is 2. The lowest BCUT2D eigenvalue weighted by Gasteiger charge is -2.31. The molecule has 2 aliphatic rings. The van der Waals surface area contributed by atoms with Crippen molar-refractivity contribution in [1.29, 1.82) is 0 Å². The molecule has 0 aliphatic carbocycles. The maximum absolute atomic E-state index is 13.3. The highest BCUT2D eigenvalue weighted by atomic mass is 32.1. The Bertz CT molecular complexity index is 960. The second-order valence-electron chi connectivity index (χ2n) is 7.29. The summed E-state index contributed by atoms with van der Waals surface area (Å²) < 4.78 is 0. The number of amides is 2. The number of rotatable bonds is 6. The predicted octanol–water partition coefficient (Wildman–Crippen LogP) is 2.03. The van der Waals surface area contributed by atoms with Crippen LogP contribution in [0.2, 0.25) is 0 Å². The van der Waals surface area contributed by atoms with E-state index in [4.69, 9.17) is 0 Å². The highest BCUT2D eigenvalue weighted by Crippen LogP contribution is 2.50. The lowest BCUT2D eigenvalue weighted by atomic mass is 9.76. The Balaban J connectivity index is 1.82. The highest BCUT2D eigenvalue weighted by molar-refractivity contribution is 7.09. The zero-order valence-corrected chi connectivity index (χ0v) is 16.6. The van der Waals surface area contributed by atoms with Gasteiger partial charge in [0.25, 0.3) is 0 Å². The van der Waals surface area contributed by atoms with Gasteiger partial charge < -0.3 is 5.11 Å². The minimum Gasteiger partial charge on any atom is -0.480 e. The number of aliphatic carboxylic acids is 1. The fourth-order valence-corrected chi connectivity index (χ4v) is 5.14. The Morgan fingerprint density at radius 1 is 1.31 bits per heavy atom. The molecular formula is C21H21N3O4S. The number of likely N-dealkylation sites (tertiary alicyclic amines) is 1. The van der Waals surface area contributed by atoms with Crippen LogP contribution in [0.1, 0.15) is 23.5 Å². The summed E-state index contributed by atoms with van der Waals surface area (Å²) in [6, 6.07) is 8.55. The molecule has 2 aromatic rings. The predicted molar refractivity (Wildman–Crippen MR) is 107 cm³/mol. The number of allylic oxidation sites excluding steroid dienone is 1. The van der Waals surface area contributed by atoms with Crippen LogP contribution in [0.5, 0.6) is 0 Å². The lowest BCUT2D eigenvalue weighted by Crippen LogP contribution is -2.57. The van der Waals surface area contributed by atoms with Crippen molar-refractivity contribution in [2.45, 2.75) is 24.9 Å². The first-order chi connectivity index (χ1) is 14.0. The molecule has 150 valence electrons. The second-order valence-corrected chi connectivity index (χ2v) is 8.22. The normalized spacial score (nSPS) is 29.0. The third-order valence-electron chi connectivity index (χ3n) is 5.69. The van der Waals surface area contributed by atoms with Gasteiger partial charge in [0.2, 0.25) is 11.8 Å². The van der Waals surface area contributed by atoms with E-state index in [0.717, 1.165) is 5.56 Å². The number of hydrogen-bond donors (Lipinski definition) is 2. The summed E-state index contributed by atoms with van der Waals surface area (Å²) in [5, 5.41) is 15.8. The minimum absolute atomic E-state index is 0.0999. The van der Waals surface area contributed by atoms with Gasteiger partial charge in [0.1, 0.15) is 10.5 Å². The van der Waals surface area contributed by atoms with Crippen molar-refractivity contribution in [3.8, 4) is 0 Å².